The third-order valence-electron chi connectivity index (χ3n) is 2.60. The van der Waals surface area contributed by atoms with Gasteiger partial charge in [0.15, 0.2) is 5.13 Å². The fourth-order valence-electron chi connectivity index (χ4n) is 1.64. The summed E-state index contributed by atoms with van der Waals surface area (Å²) < 4.78 is 12.8. The number of hydrogen-bond acceptors (Lipinski definition) is 4. The Bertz CT molecular complexity index is 720. The first kappa shape index (κ1) is 13.0. The quantitative estimate of drug-likeness (QED) is 0.785. The predicted octanol–water partition coefficient (Wildman–Crippen LogP) is 4.26. The number of nitrogens with one attached hydrogen (secondary N) is 1. The lowest BCUT2D eigenvalue weighted by molar-refractivity contribution is 0.102. The molecule has 0 saturated heterocycles. The fraction of sp³-hybridized carbons (Fsp3) is 0. The molecule has 0 saturated carbocycles. The molecule has 6 heteroatoms. The Hall–Kier alpha value is -2.05. The van der Waals surface area contributed by atoms with Gasteiger partial charge in [-0.15, -0.1) is 22.7 Å². The summed E-state index contributed by atoms with van der Waals surface area (Å²) in [6.07, 6.45) is 0. The first-order valence-electron chi connectivity index (χ1n) is 5.79. The van der Waals surface area contributed by atoms with Crippen molar-refractivity contribution in [1.29, 1.82) is 0 Å². The number of thiazole rings is 1. The molecule has 0 fully saturated rings. The summed E-state index contributed by atoms with van der Waals surface area (Å²) in [5, 5.41) is 7.11. The van der Waals surface area contributed by atoms with Crippen molar-refractivity contribution < 1.29 is 9.18 Å². The van der Waals surface area contributed by atoms with E-state index in [2.05, 4.69) is 10.3 Å². The molecule has 0 atom stereocenters. The smallest absolute Gasteiger partial charge is 0.257 e. The Labute approximate surface area is 122 Å². The zero-order valence-corrected chi connectivity index (χ0v) is 11.8. The number of aromatic nitrogens is 1. The molecule has 20 heavy (non-hydrogen) atoms. The van der Waals surface area contributed by atoms with Gasteiger partial charge >= 0.3 is 0 Å². The minimum absolute atomic E-state index is 0.294. The number of hydrogen-bond donors (Lipinski definition) is 1. The van der Waals surface area contributed by atoms with Gasteiger partial charge in [-0.3, -0.25) is 10.1 Å². The van der Waals surface area contributed by atoms with Crippen LogP contribution < -0.4 is 5.32 Å². The summed E-state index contributed by atoms with van der Waals surface area (Å²) in [4.78, 5) is 17.4. The molecule has 2 aromatic heterocycles. The second-order valence-electron chi connectivity index (χ2n) is 3.98. The summed E-state index contributed by atoms with van der Waals surface area (Å²) >= 11 is 2.96. The van der Waals surface area contributed by atoms with Gasteiger partial charge in [-0.05, 0) is 35.7 Å². The molecule has 0 unspecified atom stereocenters. The average Bonchev–Trinajstić information content (AvgIpc) is 3.09. The molecule has 0 bridgehead atoms. The van der Waals surface area contributed by atoms with E-state index in [1.807, 2.05) is 22.9 Å². The summed E-state index contributed by atoms with van der Waals surface area (Å²) in [5.74, 6) is -0.659. The van der Waals surface area contributed by atoms with E-state index in [9.17, 15) is 9.18 Å². The second-order valence-corrected chi connectivity index (χ2v) is 5.78. The van der Waals surface area contributed by atoms with Crippen molar-refractivity contribution >= 4 is 33.7 Å². The topological polar surface area (TPSA) is 42.0 Å². The molecule has 0 aliphatic heterocycles. The monoisotopic (exact) mass is 304 g/mol. The number of thiophene rings is 1. The summed E-state index contributed by atoms with van der Waals surface area (Å²) in [5.41, 5.74) is 1.25. The maximum absolute atomic E-state index is 12.8. The van der Waals surface area contributed by atoms with Crippen molar-refractivity contribution in [1.82, 2.24) is 4.98 Å². The van der Waals surface area contributed by atoms with Gasteiger partial charge in [0, 0.05) is 10.9 Å². The van der Waals surface area contributed by atoms with E-state index in [4.69, 9.17) is 0 Å². The van der Waals surface area contributed by atoms with Crippen LogP contribution in [0.2, 0.25) is 0 Å². The largest absolute Gasteiger partial charge is 0.298 e. The van der Waals surface area contributed by atoms with Crippen LogP contribution >= 0.6 is 22.7 Å². The number of carbonyl (C=O) groups excluding carboxylic acids is 1. The van der Waals surface area contributed by atoms with Gasteiger partial charge in [0.05, 0.1) is 10.6 Å². The van der Waals surface area contributed by atoms with Gasteiger partial charge < -0.3 is 0 Å². The number of halogens is 1. The Morgan fingerprint density at radius 3 is 2.65 bits per heavy atom. The average molecular weight is 304 g/mol. The van der Waals surface area contributed by atoms with Crippen LogP contribution in [0.5, 0.6) is 0 Å². The van der Waals surface area contributed by atoms with Crippen molar-refractivity contribution in [3.05, 3.63) is 58.5 Å². The SMILES string of the molecule is O=C(Nc1nc(-c2cccs2)cs1)c1ccc(F)cc1. The first-order valence-corrected chi connectivity index (χ1v) is 7.54. The summed E-state index contributed by atoms with van der Waals surface area (Å²) in [7, 11) is 0. The van der Waals surface area contributed by atoms with Crippen molar-refractivity contribution in [2.75, 3.05) is 5.32 Å². The van der Waals surface area contributed by atoms with E-state index in [-0.39, 0.29) is 11.7 Å². The third-order valence-corrected chi connectivity index (χ3v) is 4.25. The second kappa shape index (κ2) is 5.52. The normalized spacial score (nSPS) is 10.4. The molecule has 0 radical (unpaired) electrons. The molecule has 1 aromatic carbocycles. The Kier molecular flexibility index (Phi) is 3.58. The molecule has 2 heterocycles. The Morgan fingerprint density at radius 2 is 1.95 bits per heavy atom. The van der Waals surface area contributed by atoms with Crippen LogP contribution in [0.1, 0.15) is 10.4 Å². The maximum atomic E-state index is 12.8. The third kappa shape index (κ3) is 2.76. The lowest BCUT2D eigenvalue weighted by Gasteiger charge is -2.01. The molecule has 3 aromatic rings. The highest BCUT2D eigenvalue weighted by Crippen LogP contribution is 2.28. The van der Waals surface area contributed by atoms with E-state index in [0.29, 0.717) is 10.7 Å². The number of amides is 1. The zero-order valence-electron chi connectivity index (χ0n) is 10.2. The predicted molar refractivity (Wildman–Crippen MR) is 79.8 cm³/mol. The summed E-state index contributed by atoms with van der Waals surface area (Å²) in [6.45, 7) is 0. The van der Waals surface area contributed by atoms with Crippen molar-refractivity contribution in [3.8, 4) is 10.6 Å². The van der Waals surface area contributed by atoms with E-state index in [0.717, 1.165) is 10.6 Å². The molecule has 100 valence electrons. The van der Waals surface area contributed by atoms with E-state index >= 15 is 0 Å². The van der Waals surface area contributed by atoms with E-state index < -0.39 is 0 Å². The molecular weight excluding hydrogens is 295 g/mol. The van der Waals surface area contributed by atoms with Crippen LogP contribution in [-0.4, -0.2) is 10.9 Å². The summed E-state index contributed by atoms with van der Waals surface area (Å²) in [6, 6.07) is 9.33. The number of carbonyl (C=O) groups is 1. The highest BCUT2D eigenvalue weighted by atomic mass is 32.1. The molecule has 1 N–H and O–H groups in total. The first-order chi connectivity index (χ1) is 9.72. The number of anilines is 1. The number of benzene rings is 1. The highest BCUT2D eigenvalue weighted by molar-refractivity contribution is 7.16. The lowest BCUT2D eigenvalue weighted by atomic mass is 10.2. The zero-order chi connectivity index (χ0) is 13.9. The van der Waals surface area contributed by atoms with Crippen molar-refractivity contribution in [2.45, 2.75) is 0 Å². The molecular formula is C14H9FN2OS2. The minimum atomic E-state index is -0.365. The number of rotatable bonds is 3. The number of nitrogens with zero attached hydrogens (tertiary/aromatic N) is 1. The van der Waals surface area contributed by atoms with Crippen molar-refractivity contribution in [3.63, 3.8) is 0 Å². The van der Waals surface area contributed by atoms with Crippen LogP contribution in [0, 0.1) is 5.82 Å². The van der Waals surface area contributed by atoms with Crippen LogP contribution in [0.3, 0.4) is 0 Å². The maximum Gasteiger partial charge on any atom is 0.257 e. The Morgan fingerprint density at radius 1 is 1.15 bits per heavy atom. The van der Waals surface area contributed by atoms with Crippen LogP contribution in [0.25, 0.3) is 10.6 Å². The van der Waals surface area contributed by atoms with Gasteiger partial charge in [-0.2, -0.15) is 0 Å². The standard InChI is InChI=1S/C14H9FN2OS2/c15-10-5-3-9(4-6-10)13(18)17-14-16-11(8-20-14)12-2-1-7-19-12/h1-8H,(H,16,17,18). The minimum Gasteiger partial charge on any atom is -0.298 e. The van der Waals surface area contributed by atoms with Crippen LogP contribution in [0.15, 0.2) is 47.2 Å². The molecule has 0 aliphatic rings. The fourth-order valence-corrected chi connectivity index (χ4v) is 3.11. The van der Waals surface area contributed by atoms with E-state index in [1.54, 1.807) is 11.3 Å². The van der Waals surface area contributed by atoms with Crippen LogP contribution in [-0.2, 0) is 0 Å². The lowest BCUT2D eigenvalue weighted by Crippen LogP contribution is -2.11. The van der Waals surface area contributed by atoms with Gasteiger partial charge in [-0.1, -0.05) is 6.07 Å². The molecule has 3 rings (SSSR count). The van der Waals surface area contributed by atoms with Gasteiger partial charge in [-0.25, -0.2) is 9.37 Å². The molecule has 1 amide bonds. The Balaban J connectivity index is 1.75. The van der Waals surface area contributed by atoms with E-state index in [1.165, 1.54) is 35.6 Å². The van der Waals surface area contributed by atoms with Gasteiger partial charge in [0.1, 0.15) is 5.82 Å². The molecule has 0 spiro atoms. The van der Waals surface area contributed by atoms with Gasteiger partial charge in [0.25, 0.3) is 5.91 Å². The van der Waals surface area contributed by atoms with Crippen molar-refractivity contribution in [2.24, 2.45) is 0 Å². The van der Waals surface area contributed by atoms with Gasteiger partial charge in [0.2, 0.25) is 0 Å². The van der Waals surface area contributed by atoms with Crippen LogP contribution in [0.4, 0.5) is 9.52 Å². The highest BCUT2D eigenvalue weighted by Gasteiger charge is 2.10. The molecule has 3 nitrogen and oxygen atoms in total. The molecule has 0 aliphatic carbocycles.